The average molecular weight is 366 g/mol. The highest BCUT2D eigenvalue weighted by atomic mass is 35.5. The number of amides is 1. The molecule has 0 aliphatic rings. The maximum Gasteiger partial charge on any atom is 0.229 e. The fourth-order valence-electron chi connectivity index (χ4n) is 2.46. The van der Waals surface area contributed by atoms with Crippen molar-refractivity contribution in [3.05, 3.63) is 88.6 Å². The Morgan fingerprint density at radius 3 is 2.31 bits per heavy atom. The fourth-order valence-corrected chi connectivity index (χ4v) is 2.58. The van der Waals surface area contributed by atoms with Crippen LogP contribution in [0.2, 0.25) is 5.02 Å². The summed E-state index contributed by atoms with van der Waals surface area (Å²) in [5.41, 5.74) is 4.26. The molecule has 1 amide bonds. The van der Waals surface area contributed by atoms with Gasteiger partial charge in [0.25, 0.3) is 0 Å². The van der Waals surface area contributed by atoms with Gasteiger partial charge in [-0.15, -0.1) is 0 Å². The summed E-state index contributed by atoms with van der Waals surface area (Å²) in [5, 5.41) is 6.78. The summed E-state index contributed by atoms with van der Waals surface area (Å²) in [6.07, 6.45) is 2.00. The van der Waals surface area contributed by atoms with E-state index >= 15 is 0 Å². The molecule has 5 heteroatoms. The number of nitrogens with zero attached hydrogens (tertiary/aromatic N) is 1. The van der Waals surface area contributed by atoms with Crippen LogP contribution in [-0.4, -0.2) is 10.9 Å². The van der Waals surface area contributed by atoms with Gasteiger partial charge in [-0.3, -0.25) is 4.79 Å². The van der Waals surface area contributed by atoms with Crippen LogP contribution in [0.4, 0.5) is 11.5 Å². The van der Waals surface area contributed by atoms with E-state index in [1.54, 1.807) is 24.4 Å². The molecule has 3 aromatic rings. The van der Waals surface area contributed by atoms with Gasteiger partial charge in [0.2, 0.25) is 5.91 Å². The maximum absolute atomic E-state index is 12.1. The van der Waals surface area contributed by atoms with Crippen LogP contribution in [0.3, 0.4) is 0 Å². The number of nitrogens with one attached hydrogen (secondary N) is 2. The van der Waals surface area contributed by atoms with E-state index in [0.29, 0.717) is 10.8 Å². The first-order valence-corrected chi connectivity index (χ1v) is 8.76. The standard InChI is InChI=1S/C21H20ClN3O/c1-15-2-4-17(5-3-15)13-23-19-10-11-20(24-14-19)25-21(26)12-16-6-8-18(22)9-7-16/h2-11,14,23H,12-13H2,1H3,(H,24,25,26). The highest BCUT2D eigenvalue weighted by molar-refractivity contribution is 6.30. The molecule has 0 saturated carbocycles. The maximum atomic E-state index is 12.1. The normalized spacial score (nSPS) is 10.4. The number of aromatic nitrogens is 1. The van der Waals surface area contributed by atoms with Crippen molar-refractivity contribution in [3.8, 4) is 0 Å². The van der Waals surface area contributed by atoms with Crippen molar-refractivity contribution in [2.75, 3.05) is 10.6 Å². The molecule has 0 spiro atoms. The molecule has 0 saturated heterocycles. The average Bonchev–Trinajstić information content (AvgIpc) is 2.64. The van der Waals surface area contributed by atoms with E-state index in [9.17, 15) is 4.79 Å². The van der Waals surface area contributed by atoms with Gasteiger partial charge in [-0.25, -0.2) is 4.98 Å². The second-order valence-corrected chi connectivity index (χ2v) is 6.56. The van der Waals surface area contributed by atoms with Crippen molar-refractivity contribution in [2.24, 2.45) is 0 Å². The van der Waals surface area contributed by atoms with Gasteiger partial charge in [0.15, 0.2) is 0 Å². The smallest absolute Gasteiger partial charge is 0.229 e. The predicted molar refractivity (Wildman–Crippen MR) is 107 cm³/mol. The van der Waals surface area contributed by atoms with Gasteiger partial charge in [-0.05, 0) is 42.3 Å². The summed E-state index contributed by atoms with van der Waals surface area (Å²) in [6, 6.07) is 19.3. The quantitative estimate of drug-likeness (QED) is 0.657. The van der Waals surface area contributed by atoms with Gasteiger partial charge in [0.05, 0.1) is 18.3 Å². The molecule has 0 aliphatic heterocycles. The number of hydrogen-bond donors (Lipinski definition) is 2. The Morgan fingerprint density at radius 1 is 0.962 bits per heavy atom. The van der Waals surface area contributed by atoms with E-state index in [0.717, 1.165) is 17.8 Å². The molecule has 4 nitrogen and oxygen atoms in total. The van der Waals surface area contributed by atoms with Crippen molar-refractivity contribution in [1.29, 1.82) is 0 Å². The molecule has 132 valence electrons. The van der Waals surface area contributed by atoms with Gasteiger partial charge in [0, 0.05) is 11.6 Å². The van der Waals surface area contributed by atoms with Gasteiger partial charge in [-0.1, -0.05) is 53.6 Å². The Morgan fingerprint density at radius 2 is 1.65 bits per heavy atom. The lowest BCUT2D eigenvalue weighted by Crippen LogP contribution is -2.15. The van der Waals surface area contributed by atoms with Crippen LogP contribution in [0.5, 0.6) is 0 Å². The van der Waals surface area contributed by atoms with Gasteiger partial charge >= 0.3 is 0 Å². The zero-order valence-electron chi connectivity index (χ0n) is 14.5. The zero-order valence-corrected chi connectivity index (χ0v) is 15.3. The van der Waals surface area contributed by atoms with E-state index in [1.807, 2.05) is 18.2 Å². The molecule has 0 radical (unpaired) electrons. The Labute approximate surface area is 158 Å². The van der Waals surface area contributed by atoms with Crippen molar-refractivity contribution >= 4 is 29.0 Å². The first kappa shape index (κ1) is 18.0. The van der Waals surface area contributed by atoms with E-state index in [1.165, 1.54) is 11.1 Å². The molecule has 1 heterocycles. The molecule has 2 N–H and O–H groups in total. The van der Waals surface area contributed by atoms with E-state index in [2.05, 4.69) is 46.8 Å². The summed E-state index contributed by atoms with van der Waals surface area (Å²) in [5.74, 6) is 0.421. The lowest BCUT2D eigenvalue weighted by atomic mass is 10.1. The van der Waals surface area contributed by atoms with Crippen LogP contribution >= 0.6 is 11.6 Å². The number of benzene rings is 2. The number of pyridine rings is 1. The van der Waals surface area contributed by atoms with E-state index in [-0.39, 0.29) is 12.3 Å². The number of halogens is 1. The SMILES string of the molecule is Cc1ccc(CNc2ccc(NC(=O)Cc3ccc(Cl)cc3)nc2)cc1. The summed E-state index contributed by atoms with van der Waals surface area (Å²) < 4.78 is 0. The molecule has 0 atom stereocenters. The second-order valence-electron chi connectivity index (χ2n) is 6.12. The summed E-state index contributed by atoms with van der Waals surface area (Å²) >= 11 is 5.85. The fraction of sp³-hybridized carbons (Fsp3) is 0.143. The molecule has 26 heavy (non-hydrogen) atoms. The molecular weight excluding hydrogens is 346 g/mol. The molecular formula is C21H20ClN3O. The van der Waals surface area contributed by atoms with Gasteiger partial charge in [-0.2, -0.15) is 0 Å². The largest absolute Gasteiger partial charge is 0.380 e. The lowest BCUT2D eigenvalue weighted by molar-refractivity contribution is -0.115. The third-order valence-corrected chi connectivity index (χ3v) is 4.18. The van der Waals surface area contributed by atoms with Crippen molar-refractivity contribution in [2.45, 2.75) is 19.9 Å². The Balaban J connectivity index is 1.51. The highest BCUT2D eigenvalue weighted by Gasteiger charge is 2.05. The number of carbonyl (C=O) groups is 1. The van der Waals surface area contributed by atoms with Crippen LogP contribution in [0.15, 0.2) is 66.9 Å². The topological polar surface area (TPSA) is 54.0 Å². The number of rotatable bonds is 6. The van der Waals surface area contributed by atoms with E-state index in [4.69, 9.17) is 11.6 Å². The zero-order chi connectivity index (χ0) is 18.4. The van der Waals surface area contributed by atoms with Crippen LogP contribution in [0.1, 0.15) is 16.7 Å². The number of hydrogen-bond acceptors (Lipinski definition) is 3. The Hall–Kier alpha value is -2.85. The Bertz CT molecular complexity index is 859. The number of anilines is 2. The van der Waals surface area contributed by atoms with Crippen molar-refractivity contribution in [3.63, 3.8) is 0 Å². The monoisotopic (exact) mass is 365 g/mol. The molecule has 1 aromatic heterocycles. The first-order valence-electron chi connectivity index (χ1n) is 8.38. The van der Waals surface area contributed by atoms with Gasteiger partial charge in [0.1, 0.15) is 5.82 Å². The van der Waals surface area contributed by atoms with E-state index < -0.39 is 0 Å². The van der Waals surface area contributed by atoms with Crippen molar-refractivity contribution < 1.29 is 4.79 Å². The van der Waals surface area contributed by atoms with Crippen molar-refractivity contribution in [1.82, 2.24) is 4.98 Å². The second kappa shape index (κ2) is 8.50. The minimum Gasteiger partial charge on any atom is -0.380 e. The predicted octanol–water partition coefficient (Wildman–Crippen LogP) is 4.84. The third kappa shape index (κ3) is 5.33. The number of aryl methyl sites for hydroxylation is 1. The highest BCUT2D eigenvalue weighted by Crippen LogP contribution is 2.13. The van der Waals surface area contributed by atoms with Crippen LogP contribution < -0.4 is 10.6 Å². The molecule has 0 aliphatic carbocycles. The van der Waals surface area contributed by atoms with Crippen LogP contribution in [-0.2, 0) is 17.8 Å². The number of carbonyl (C=O) groups excluding carboxylic acids is 1. The molecule has 3 rings (SSSR count). The molecule has 2 aromatic carbocycles. The van der Waals surface area contributed by atoms with Crippen LogP contribution in [0.25, 0.3) is 0 Å². The summed E-state index contributed by atoms with van der Waals surface area (Å²) in [7, 11) is 0. The third-order valence-electron chi connectivity index (χ3n) is 3.93. The summed E-state index contributed by atoms with van der Waals surface area (Å²) in [6.45, 7) is 2.80. The van der Waals surface area contributed by atoms with Crippen LogP contribution in [0, 0.1) is 6.92 Å². The molecule has 0 unspecified atom stereocenters. The Kier molecular flexibility index (Phi) is 5.87. The van der Waals surface area contributed by atoms with Gasteiger partial charge < -0.3 is 10.6 Å². The minimum atomic E-state index is -0.111. The summed E-state index contributed by atoms with van der Waals surface area (Å²) in [4.78, 5) is 16.4. The molecule has 0 bridgehead atoms. The first-order chi connectivity index (χ1) is 12.6. The minimum absolute atomic E-state index is 0.111. The lowest BCUT2D eigenvalue weighted by Gasteiger charge is -2.08. The molecule has 0 fully saturated rings.